The lowest BCUT2D eigenvalue weighted by Crippen LogP contribution is -1.95. The third kappa shape index (κ3) is 3.17. The Kier molecular flexibility index (Phi) is 3.93. The summed E-state index contributed by atoms with van der Waals surface area (Å²) in [5.41, 5.74) is 0.0631. The molecule has 0 aliphatic rings. The van der Waals surface area contributed by atoms with Crippen LogP contribution < -0.4 is 0 Å². The normalized spacial score (nSPS) is 9.00. The summed E-state index contributed by atoms with van der Waals surface area (Å²) in [6, 6.07) is 0. The predicted molar refractivity (Wildman–Crippen MR) is 54.4 cm³/mol. The summed E-state index contributed by atoms with van der Waals surface area (Å²) < 4.78 is 0. The van der Waals surface area contributed by atoms with Crippen LogP contribution in [-0.4, -0.2) is 21.4 Å². The topological polar surface area (TPSA) is 50.2 Å². The number of carboxylic acids is 1. The van der Waals surface area contributed by atoms with Crippen molar-refractivity contribution in [1.82, 2.24) is 4.98 Å². The molecule has 1 N–H and O–H groups in total. The zero-order chi connectivity index (χ0) is 9.68. The van der Waals surface area contributed by atoms with Gasteiger partial charge in [-0.15, -0.1) is 11.3 Å². The van der Waals surface area contributed by atoms with Gasteiger partial charge in [0.25, 0.3) is 0 Å². The van der Waals surface area contributed by atoms with Crippen LogP contribution in [0.2, 0.25) is 0 Å². The molecule has 0 aromatic carbocycles. The van der Waals surface area contributed by atoms with E-state index in [-0.39, 0.29) is 5.69 Å². The highest BCUT2D eigenvalue weighted by Crippen LogP contribution is 2.07. The molecule has 68 valence electrons. The number of aromatic carboxylic acids is 1. The van der Waals surface area contributed by atoms with E-state index in [4.69, 9.17) is 5.11 Å². The summed E-state index contributed by atoms with van der Waals surface area (Å²) >= 11 is 4.49. The molecule has 0 radical (unpaired) electrons. The van der Waals surface area contributed by atoms with E-state index >= 15 is 0 Å². The average molecular weight is 260 g/mol. The molecule has 0 bridgehead atoms. The van der Waals surface area contributed by atoms with Gasteiger partial charge in [-0.25, -0.2) is 9.78 Å². The van der Waals surface area contributed by atoms with E-state index < -0.39 is 5.97 Å². The van der Waals surface area contributed by atoms with E-state index in [0.29, 0.717) is 5.01 Å². The molecule has 3 nitrogen and oxygen atoms in total. The van der Waals surface area contributed by atoms with Crippen LogP contribution in [0.5, 0.6) is 0 Å². The van der Waals surface area contributed by atoms with E-state index in [0.717, 1.165) is 11.8 Å². The molecule has 0 saturated heterocycles. The minimum absolute atomic E-state index is 0.0631. The van der Waals surface area contributed by atoms with Gasteiger partial charge in [0.15, 0.2) is 10.7 Å². The fraction of sp³-hybridized carbons (Fsp3) is 0.250. The van der Waals surface area contributed by atoms with Crippen molar-refractivity contribution in [3.8, 4) is 11.8 Å². The number of thiazole rings is 1. The molecule has 0 unspecified atom stereocenters. The van der Waals surface area contributed by atoms with Crippen LogP contribution in [0.15, 0.2) is 5.38 Å². The molecule has 0 spiro atoms. The number of carboxylic acid groups (broad SMARTS) is 1. The Labute approximate surface area is 87.9 Å². The van der Waals surface area contributed by atoms with Crippen molar-refractivity contribution in [1.29, 1.82) is 0 Å². The summed E-state index contributed by atoms with van der Waals surface area (Å²) in [5.74, 6) is 4.64. The fourth-order valence-corrected chi connectivity index (χ4v) is 1.47. The third-order valence-electron chi connectivity index (χ3n) is 1.14. The third-order valence-corrected chi connectivity index (χ3v) is 2.29. The number of aromatic nitrogens is 1. The van der Waals surface area contributed by atoms with Crippen molar-refractivity contribution in [2.75, 3.05) is 5.33 Å². The molecule has 0 aliphatic carbocycles. The standard InChI is InChI=1S/C8H6BrNO2S/c9-4-2-1-3-7-10-6(5-13-7)8(11)12/h5H,2,4H2,(H,11,12). The van der Waals surface area contributed by atoms with Gasteiger partial charge >= 0.3 is 5.97 Å². The second-order valence-corrected chi connectivity index (χ2v) is 3.73. The van der Waals surface area contributed by atoms with Gasteiger partial charge in [-0.2, -0.15) is 0 Å². The van der Waals surface area contributed by atoms with Crippen molar-refractivity contribution in [2.24, 2.45) is 0 Å². The molecule has 1 heterocycles. The molecular weight excluding hydrogens is 254 g/mol. The Bertz CT molecular complexity index is 364. The van der Waals surface area contributed by atoms with E-state index in [9.17, 15) is 4.79 Å². The molecule has 13 heavy (non-hydrogen) atoms. The van der Waals surface area contributed by atoms with Gasteiger partial charge in [0.05, 0.1) is 0 Å². The molecule has 5 heteroatoms. The van der Waals surface area contributed by atoms with E-state index in [1.807, 2.05) is 0 Å². The number of halogens is 1. The van der Waals surface area contributed by atoms with Crippen molar-refractivity contribution in [3.05, 3.63) is 16.1 Å². The molecule has 0 saturated carbocycles. The molecule has 1 aromatic rings. The smallest absolute Gasteiger partial charge is 0.355 e. The summed E-state index contributed by atoms with van der Waals surface area (Å²) in [5, 5.41) is 11.4. The molecule has 1 aromatic heterocycles. The number of nitrogens with zero attached hydrogens (tertiary/aromatic N) is 1. The van der Waals surface area contributed by atoms with Crippen LogP contribution in [0.4, 0.5) is 0 Å². The highest BCUT2D eigenvalue weighted by atomic mass is 79.9. The van der Waals surface area contributed by atoms with Crippen molar-refractivity contribution in [2.45, 2.75) is 6.42 Å². The van der Waals surface area contributed by atoms with E-state index in [1.165, 1.54) is 16.7 Å². The quantitative estimate of drug-likeness (QED) is 0.653. The average Bonchev–Trinajstić information content (AvgIpc) is 2.53. The van der Waals surface area contributed by atoms with Gasteiger partial charge < -0.3 is 5.11 Å². The minimum atomic E-state index is -1.01. The first kappa shape index (κ1) is 10.2. The van der Waals surface area contributed by atoms with E-state index in [1.54, 1.807) is 0 Å². The number of rotatable bonds is 2. The molecule has 0 amide bonds. The second-order valence-electron chi connectivity index (χ2n) is 2.08. The Hall–Kier alpha value is -0.860. The maximum absolute atomic E-state index is 10.4. The lowest BCUT2D eigenvalue weighted by molar-refractivity contribution is 0.0691. The summed E-state index contributed by atoms with van der Waals surface area (Å²) in [6.07, 6.45) is 0.738. The minimum Gasteiger partial charge on any atom is -0.476 e. The number of hydrogen-bond acceptors (Lipinski definition) is 3. The number of hydrogen-bond donors (Lipinski definition) is 1. The van der Waals surface area contributed by atoms with Gasteiger partial charge in [0, 0.05) is 17.1 Å². The maximum atomic E-state index is 10.4. The zero-order valence-electron chi connectivity index (χ0n) is 6.58. The SMILES string of the molecule is O=C(O)c1csc(C#CCCBr)n1. The second kappa shape index (κ2) is 5.00. The zero-order valence-corrected chi connectivity index (χ0v) is 8.98. The first-order chi connectivity index (χ1) is 6.24. The predicted octanol–water partition coefficient (Wildman–Crippen LogP) is 1.98. The van der Waals surface area contributed by atoms with Crippen LogP contribution in [0, 0.1) is 11.8 Å². The van der Waals surface area contributed by atoms with Crippen LogP contribution in [0.25, 0.3) is 0 Å². The Morgan fingerprint density at radius 2 is 2.54 bits per heavy atom. The lowest BCUT2D eigenvalue weighted by atomic mass is 10.4. The summed E-state index contributed by atoms with van der Waals surface area (Å²) in [4.78, 5) is 14.2. The largest absolute Gasteiger partial charge is 0.476 e. The first-order valence-corrected chi connectivity index (χ1v) is 5.48. The van der Waals surface area contributed by atoms with Crippen molar-refractivity contribution in [3.63, 3.8) is 0 Å². The number of carbonyl (C=O) groups is 1. The molecular formula is C8H6BrNO2S. The Morgan fingerprint density at radius 1 is 1.77 bits per heavy atom. The summed E-state index contributed by atoms with van der Waals surface area (Å²) in [6.45, 7) is 0. The highest BCUT2D eigenvalue weighted by Gasteiger charge is 2.06. The van der Waals surface area contributed by atoms with Crippen LogP contribution in [0.1, 0.15) is 21.9 Å². The lowest BCUT2D eigenvalue weighted by Gasteiger charge is -1.80. The highest BCUT2D eigenvalue weighted by molar-refractivity contribution is 9.09. The Morgan fingerprint density at radius 3 is 3.08 bits per heavy atom. The molecule has 0 fully saturated rings. The van der Waals surface area contributed by atoms with Crippen LogP contribution in [-0.2, 0) is 0 Å². The first-order valence-electron chi connectivity index (χ1n) is 3.47. The van der Waals surface area contributed by atoms with Gasteiger partial charge in [0.1, 0.15) is 0 Å². The van der Waals surface area contributed by atoms with Crippen molar-refractivity contribution < 1.29 is 9.90 Å². The van der Waals surface area contributed by atoms with E-state index in [2.05, 4.69) is 32.8 Å². The van der Waals surface area contributed by atoms with Gasteiger partial charge in [-0.05, 0) is 5.92 Å². The number of alkyl halides is 1. The Balaban J connectivity index is 2.71. The van der Waals surface area contributed by atoms with Gasteiger partial charge in [-0.3, -0.25) is 0 Å². The van der Waals surface area contributed by atoms with Gasteiger partial charge in [-0.1, -0.05) is 21.9 Å². The monoisotopic (exact) mass is 259 g/mol. The summed E-state index contributed by atoms with van der Waals surface area (Å²) in [7, 11) is 0. The van der Waals surface area contributed by atoms with Crippen LogP contribution in [0.3, 0.4) is 0 Å². The van der Waals surface area contributed by atoms with Crippen molar-refractivity contribution >= 4 is 33.2 Å². The molecule has 0 aliphatic heterocycles. The van der Waals surface area contributed by atoms with Crippen LogP contribution >= 0.6 is 27.3 Å². The maximum Gasteiger partial charge on any atom is 0.355 e. The van der Waals surface area contributed by atoms with Gasteiger partial charge in [0.2, 0.25) is 0 Å². The fourth-order valence-electron chi connectivity index (χ4n) is 0.615. The molecule has 0 atom stereocenters. The molecule has 1 rings (SSSR count).